The molecule has 2 aromatic carbocycles. The van der Waals surface area contributed by atoms with E-state index in [0.29, 0.717) is 18.7 Å². The highest BCUT2D eigenvalue weighted by atomic mass is 16.5. The number of urea groups is 1. The highest BCUT2D eigenvalue weighted by Gasteiger charge is 2.39. The fourth-order valence-corrected chi connectivity index (χ4v) is 5.36. The van der Waals surface area contributed by atoms with Gasteiger partial charge in [-0.1, -0.05) is 55.7 Å². The Morgan fingerprint density at radius 2 is 1.77 bits per heavy atom. The third-order valence-electron chi connectivity index (χ3n) is 7.22. The average Bonchev–Trinajstić information content (AvgIpc) is 2.87. The molecule has 1 aliphatic heterocycles. The first kappa shape index (κ1) is 24.8. The van der Waals surface area contributed by atoms with Crippen molar-refractivity contribution in [1.82, 2.24) is 10.2 Å². The molecular formula is C28H35N3O4. The van der Waals surface area contributed by atoms with E-state index >= 15 is 0 Å². The molecule has 4 rings (SSSR count). The van der Waals surface area contributed by atoms with Gasteiger partial charge in [-0.25, -0.2) is 4.79 Å². The molecule has 1 aliphatic carbocycles. The minimum absolute atomic E-state index is 0.0652. The Bertz CT molecular complexity index is 1060. The van der Waals surface area contributed by atoms with E-state index in [9.17, 15) is 14.4 Å². The Labute approximate surface area is 207 Å². The van der Waals surface area contributed by atoms with Crippen LogP contribution in [0.3, 0.4) is 0 Å². The lowest BCUT2D eigenvalue weighted by Gasteiger charge is -2.40. The number of carbonyl (C=O) groups is 3. The lowest BCUT2D eigenvalue weighted by atomic mass is 9.82. The Morgan fingerprint density at radius 3 is 2.49 bits per heavy atom. The molecule has 1 heterocycles. The van der Waals surface area contributed by atoms with E-state index in [2.05, 4.69) is 10.6 Å². The van der Waals surface area contributed by atoms with E-state index in [-0.39, 0.29) is 36.3 Å². The van der Waals surface area contributed by atoms with Gasteiger partial charge in [-0.3, -0.25) is 9.59 Å². The van der Waals surface area contributed by atoms with Crippen molar-refractivity contribution in [2.45, 2.75) is 70.5 Å². The number of aryl methyl sites for hydroxylation is 1. The molecule has 0 aromatic heterocycles. The number of nitrogens with zero attached hydrogens (tertiary/aromatic N) is 1. The number of hydrogen-bond acceptors (Lipinski definition) is 4. The van der Waals surface area contributed by atoms with Gasteiger partial charge in [0.25, 0.3) is 0 Å². The highest BCUT2D eigenvalue weighted by molar-refractivity contribution is 5.94. The zero-order valence-corrected chi connectivity index (χ0v) is 20.6. The molecule has 2 aromatic rings. The van der Waals surface area contributed by atoms with Crippen LogP contribution in [0.4, 0.5) is 10.5 Å². The van der Waals surface area contributed by atoms with Gasteiger partial charge >= 0.3 is 12.0 Å². The number of esters is 1. The molecule has 0 saturated heterocycles. The topological polar surface area (TPSA) is 87.7 Å². The second kappa shape index (κ2) is 11.4. The Hall–Kier alpha value is -3.35. The minimum atomic E-state index is -0.648. The number of benzene rings is 2. The van der Waals surface area contributed by atoms with E-state index in [1.54, 1.807) is 4.90 Å². The maximum atomic E-state index is 14.1. The van der Waals surface area contributed by atoms with E-state index < -0.39 is 6.04 Å². The quantitative estimate of drug-likeness (QED) is 0.596. The van der Waals surface area contributed by atoms with Crippen molar-refractivity contribution in [3.63, 3.8) is 0 Å². The number of nitrogens with one attached hydrogen (secondary N) is 2. The van der Waals surface area contributed by atoms with Crippen LogP contribution in [0.5, 0.6) is 0 Å². The maximum absolute atomic E-state index is 14.1. The predicted molar refractivity (Wildman–Crippen MR) is 135 cm³/mol. The van der Waals surface area contributed by atoms with E-state index in [1.807, 2.05) is 55.5 Å². The van der Waals surface area contributed by atoms with E-state index in [1.165, 1.54) is 7.11 Å². The number of methoxy groups -OCH3 is 1. The summed E-state index contributed by atoms with van der Waals surface area (Å²) in [5, 5.41) is 5.89. The third kappa shape index (κ3) is 6.21. The van der Waals surface area contributed by atoms with Crippen LogP contribution < -0.4 is 10.6 Å². The van der Waals surface area contributed by atoms with Gasteiger partial charge in [0.1, 0.15) is 6.04 Å². The molecule has 7 nitrogen and oxygen atoms in total. The van der Waals surface area contributed by atoms with Crippen molar-refractivity contribution in [2.24, 2.45) is 5.92 Å². The smallest absolute Gasteiger partial charge is 0.319 e. The zero-order chi connectivity index (χ0) is 24.8. The van der Waals surface area contributed by atoms with Crippen molar-refractivity contribution in [1.29, 1.82) is 0 Å². The van der Waals surface area contributed by atoms with Crippen LogP contribution in [-0.2, 0) is 27.3 Å². The van der Waals surface area contributed by atoms with Gasteiger partial charge in [0, 0.05) is 18.3 Å². The fourth-order valence-electron chi connectivity index (χ4n) is 5.36. The summed E-state index contributed by atoms with van der Waals surface area (Å²) in [4.78, 5) is 41.0. The summed E-state index contributed by atoms with van der Waals surface area (Å²) in [7, 11) is 1.37. The van der Waals surface area contributed by atoms with Gasteiger partial charge in [-0.2, -0.15) is 0 Å². The standard InChI is InChI=1S/C28H35N3O4/c1-19-9-8-14-23(15-19)29-28(34)30-26(20-10-4-3-5-11-20)27(33)31-18-22-13-7-6-12-21(22)16-24(31)17-25(32)35-2/h6-9,12-15,20,24,26H,3-5,10-11,16-18H2,1-2H3,(H2,29,30,34)/t24-,26+/m1/s1. The highest BCUT2D eigenvalue weighted by Crippen LogP contribution is 2.31. The van der Waals surface area contributed by atoms with Crippen LogP contribution in [-0.4, -0.2) is 42.0 Å². The molecule has 1 fully saturated rings. The molecule has 0 unspecified atom stereocenters. The number of rotatable bonds is 6. The molecule has 0 bridgehead atoms. The summed E-state index contributed by atoms with van der Waals surface area (Å²) < 4.78 is 4.93. The first-order chi connectivity index (χ1) is 16.9. The van der Waals surface area contributed by atoms with Gasteiger partial charge < -0.3 is 20.3 Å². The third-order valence-corrected chi connectivity index (χ3v) is 7.22. The second-order valence-corrected chi connectivity index (χ2v) is 9.72. The van der Waals surface area contributed by atoms with Crippen molar-refractivity contribution in [3.05, 3.63) is 65.2 Å². The molecule has 1 saturated carbocycles. The van der Waals surface area contributed by atoms with Gasteiger partial charge in [-0.15, -0.1) is 0 Å². The second-order valence-electron chi connectivity index (χ2n) is 9.72. The number of hydrogen-bond donors (Lipinski definition) is 2. The van der Waals surface area contributed by atoms with Gasteiger partial charge in [0.05, 0.1) is 13.5 Å². The van der Waals surface area contributed by atoms with Gasteiger partial charge in [0.2, 0.25) is 5.91 Å². The van der Waals surface area contributed by atoms with Crippen molar-refractivity contribution < 1.29 is 19.1 Å². The molecular weight excluding hydrogens is 442 g/mol. The van der Waals surface area contributed by atoms with Crippen molar-refractivity contribution in [2.75, 3.05) is 12.4 Å². The normalized spacial score (nSPS) is 18.8. The Morgan fingerprint density at radius 1 is 1.03 bits per heavy atom. The molecule has 35 heavy (non-hydrogen) atoms. The molecule has 186 valence electrons. The lowest BCUT2D eigenvalue weighted by Crippen LogP contribution is -2.57. The number of carbonyl (C=O) groups excluding carboxylic acids is 3. The van der Waals surface area contributed by atoms with Crippen LogP contribution in [0.2, 0.25) is 0 Å². The Balaban J connectivity index is 1.57. The van der Waals surface area contributed by atoms with Crippen molar-refractivity contribution in [3.8, 4) is 0 Å². The predicted octanol–water partition coefficient (Wildman–Crippen LogP) is 4.58. The SMILES string of the molecule is COC(=O)C[C@H]1Cc2ccccc2CN1C(=O)[C@@H](NC(=O)Nc1cccc(C)c1)C1CCCCC1. The fraction of sp³-hybridized carbons (Fsp3) is 0.464. The molecule has 0 radical (unpaired) electrons. The molecule has 2 atom stereocenters. The van der Waals surface area contributed by atoms with Crippen LogP contribution in [0, 0.1) is 12.8 Å². The van der Waals surface area contributed by atoms with E-state index in [0.717, 1.165) is 48.8 Å². The maximum Gasteiger partial charge on any atom is 0.319 e. The summed E-state index contributed by atoms with van der Waals surface area (Å²) in [5.74, 6) is -0.401. The summed E-state index contributed by atoms with van der Waals surface area (Å²) in [6.07, 6.45) is 5.75. The molecule has 0 spiro atoms. The summed E-state index contributed by atoms with van der Waals surface area (Å²) >= 11 is 0. The molecule has 3 amide bonds. The number of anilines is 1. The largest absolute Gasteiger partial charge is 0.469 e. The lowest BCUT2D eigenvalue weighted by molar-refractivity contribution is -0.145. The zero-order valence-electron chi connectivity index (χ0n) is 20.6. The van der Waals surface area contributed by atoms with Crippen LogP contribution >= 0.6 is 0 Å². The number of ether oxygens (including phenoxy) is 1. The minimum Gasteiger partial charge on any atom is -0.469 e. The first-order valence-corrected chi connectivity index (χ1v) is 12.5. The molecule has 7 heteroatoms. The Kier molecular flexibility index (Phi) is 8.06. The van der Waals surface area contributed by atoms with Gasteiger partial charge in [-0.05, 0) is 60.9 Å². The summed E-state index contributed by atoms with van der Waals surface area (Å²) in [6.45, 7) is 2.38. The van der Waals surface area contributed by atoms with Crippen LogP contribution in [0.1, 0.15) is 55.2 Å². The first-order valence-electron chi connectivity index (χ1n) is 12.5. The average molecular weight is 478 g/mol. The van der Waals surface area contributed by atoms with Crippen LogP contribution in [0.15, 0.2) is 48.5 Å². The summed E-state index contributed by atoms with van der Waals surface area (Å²) in [6, 6.07) is 14.3. The molecule has 2 N–H and O–H groups in total. The van der Waals surface area contributed by atoms with Crippen molar-refractivity contribution >= 4 is 23.6 Å². The van der Waals surface area contributed by atoms with Crippen LogP contribution in [0.25, 0.3) is 0 Å². The van der Waals surface area contributed by atoms with Gasteiger partial charge in [0.15, 0.2) is 0 Å². The molecule has 2 aliphatic rings. The van der Waals surface area contributed by atoms with E-state index in [4.69, 9.17) is 4.74 Å². The monoisotopic (exact) mass is 477 g/mol. The summed E-state index contributed by atoms with van der Waals surface area (Å²) in [5.41, 5.74) is 3.95. The number of amides is 3. The number of fused-ring (bicyclic) bond motifs is 1.